The zero-order chi connectivity index (χ0) is 16.0. The van der Waals surface area contributed by atoms with Crippen LogP contribution in [-0.2, 0) is 0 Å². The lowest BCUT2D eigenvalue weighted by Gasteiger charge is -2.30. The summed E-state index contributed by atoms with van der Waals surface area (Å²) in [7, 11) is 3.39. The van der Waals surface area contributed by atoms with E-state index in [-0.39, 0.29) is 5.91 Å². The number of nitrogens with one attached hydrogen (secondary N) is 1. The zero-order valence-electron chi connectivity index (χ0n) is 13.9. The van der Waals surface area contributed by atoms with E-state index in [0.29, 0.717) is 23.6 Å². The van der Waals surface area contributed by atoms with Crippen molar-refractivity contribution in [1.82, 2.24) is 20.0 Å². The second-order valence-corrected chi connectivity index (χ2v) is 5.86. The van der Waals surface area contributed by atoms with Crippen molar-refractivity contribution in [2.24, 2.45) is 0 Å². The van der Waals surface area contributed by atoms with Gasteiger partial charge < -0.3 is 10.2 Å². The van der Waals surface area contributed by atoms with Crippen molar-refractivity contribution in [2.75, 3.05) is 32.5 Å². The highest BCUT2D eigenvalue weighted by Gasteiger charge is 2.13. The van der Waals surface area contributed by atoms with Crippen LogP contribution in [0.3, 0.4) is 0 Å². The molecule has 0 saturated heterocycles. The van der Waals surface area contributed by atoms with Gasteiger partial charge in [-0.25, -0.2) is 0 Å². The van der Waals surface area contributed by atoms with Crippen LogP contribution >= 0.6 is 0 Å². The molecule has 1 rings (SSSR count). The number of carbonyl (C=O) groups excluding carboxylic acids is 1. The first-order chi connectivity index (χ1) is 9.82. The summed E-state index contributed by atoms with van der Waals surface area (Å²) in [6.45, 7) is 10.5. The summed E-state index contributed by atoms with van der Waals surface area (Å²) in [5.41, 5.74) is 0.358. The van der Waals surface area contributed by atoms with Crippen molar-refractivity contribution < 1.29 is 4.79 Å². The Morgan fingerprint density at radius 2 is 1.76 bits per heavy atom. The fourth-order valence-electron chi connectivity index (χ4n) is 2.20. The summed E-state index contributed by atoms with van der Waals surface area (Å²) < 4.78 is 0. The summed E-state index contributed by atoms with van der Waals surface area (Å²) in [4.78, 5) is 15.6. The van der Waals surface area contributed by atoms with Crippen LogP contribution in [-0.4, -0.2) is 65.2 Å². The van der Waals surface area contributed by atoms with Gasteiger partial charge in [0.15, 0.2) is 5.69 Å². The van der Waals surface area contributed by atoms with Crippen LogP contribution < -0.4 is 5.32 Å². The molecule has 0 spiro atoms. The first-order valence-electron chi connectivity index (χ1n) is 7.38. The van der Waals surface area contributed by atoms with Crippen molar-refractivity contribution >= 4 is 11.7 Å². The minimum absolute atomic E-state index is 0.139. The Hall–Kier alpha value is -1.69. The highest BCUT2D eigenvalue weighted by Crippen LogP contribution is 2.06. The molecule has 6 nitrogen and oxygen atoms in total. The number of nitrogens with zero attached hydrogens (tertiary/aromatic N) is 4. The number of amides is 1. The molecule has 0 bridgehead atoms. The van der Waals surface area contributed by atoms with E-state index in [2.05, 4.69) is 48.1 Å². The van der Waals surface area contributed by atoms with Gasteiger partial charge in [-0.3, -0.25) is 9.69 Å². The molecule has 0 aliphatic carbocycles. The molecule has 0 fully saturated rings. The van der Waals surface area contributed by atoms with E-state index < -0.39 is 0 Å². The molecule has 0 atom stereocenters. The van der Waals surface area contributed by atoms with Gasteiger partial charge in [0.1, 0.15) is 5.82 Å². The maximum absolute atomic E-state index is 11.7. The quantitative estimate of drug-likeness (QED) is 0.829. The third kappa shape index (κ3) is 5.30. The van der Waals surface area contributed by atoms with Gasteiger partial charge in [-0.2, -0.15) is 0 Å². The lowest BCUT2D eigenvalue weighted by atomic mass is 10.2. The Morgan fingerprint density at radius 1 is 1.14 bits per heavy atom. The standard InChI is InChI=1S/C15H27N5O/c1-11(2)20(12(3)4)10-9-16-14-8-7-13(17-18-14)15(21)19(5)6/h7-8,11-12H,9-10H2,1-6H3,(H,16,18). The Morgan fingerprint density at radius 3 is 2.19 bits per heavy atom. The van der Waals surface area contributed by atoms with Crippen LogP contribution in [0.25, 0.3) is 0 Å². The van der Waals surface area contributed by atoms with Crippen LogP contribution in [0, 0.1) is 0 Å². The molecule has 1 amide bonds. The van der Waals surface area contributed by atoms with Gasteiger partial charge in [0.25, 0.3) is 5.91 Å². The van der Waals surface area contributed by atoms with E-state index >= 15 is 0 Å². The first kappa shape index (κ1) is 17.4. The highest BCUT2D eigenvalue weighted by atomic mass is 16.2. The number of anilines is 1. The van der Waals surface area contributed by atoms with E-state index in [4.69, 9.17) is 0 Å². The number of carbonyl (C=O) groups is 1. The van der Waals surface area contributed by atoms with E-state index in [9.17, 15) is 4.79 Å². The topological polar surface area (TPSA) is 61.4 Å². The molecule has 118 valence electrons. The van der Waals surface area contributed by atoms with Gasteiger partial charge in [-0.1, -0.05) is 0 Å². The summed E-state index contributed by atoms with van der Waals surface area (Å²) in [6.07, 6.45) is 0. The van der Waals surface area contributed by atoms with E-state index in [1.807, 2.05) is 0 Å². The molecular formula is C15H27N5O. The molecule has 1 N–H and O–H groups in total. The predicted octanol–water partition coefficient (Wildman–Crippen LogP) is 1.71. The summed E-state index contributed by atoms with van der Waals surface area (Å²) >= 11 is 0. The molecule has 6 heteroatoms. The van der Waals surface area contributed by atoms with Crippen LogP contribution in [0.2, 0.25) is 0 Å². The molecule has 1 heterocycles. The van der Waals surface area contributed by atoms with Crippen molar-refractivity contribution in [3.05, 3.63) is 17.8 Å². The largest absolute Gasteiger partial charge is 0.367 e. The average molecular weight is 293 g/mol. The van der Waals surface area contributed by atoms with Gasteiger partial charge in [-0.15, -0.1) is 10.2 Å². The van der Waals surface area contributed by atoms with Gasteiger partial charge in [0.05, 0.1) is 0 Å². The SMILES string of the molecule is CC(C)N(CCNc1ccc(C(=O)N(C)C)nn1)C(C)C. The van der Waals surface area contributed by atoms with Crippen LogP contribution in [0.4, 0.5) is 5.82 Å². The predicted molar refractivity (Wildman–Crippen MR) is 85.5 cm³/mol. The Labute approximate surface area is 127 Å². The molecular weight excluding hydrogens is 266 g/mol. The Kier molecular flexibility index (Phi) is 6.55. The molecule has 0 aliphatic rings. The second-order valence-electron chi connectivity index (χ2n) is 5.86. The smallest absolute Gasteiger partial charge is 0.273 e. The molecule has 1 aromatic heterocycles. The first-order valence-corrected chi connectivity index (χ1v) is 7.38. The number of hydrogen-bond donors (Lipinski definition) is 1. The maximum Gasteiger partial charge on any atom is 0.273 e. The molecule has 21 heavy (non-hydrogen) atoms. The van der Waals surface area contributed by atoms with E-state index in [0.717, 1.165) is 13.1 Å². The normalized spacial score (nSPS) is 11.3. The fourth-order valence-corrected chi connectivity index (χ4v) is 2.20. The number of rotatable bonds is 7. The number of aromatic nitrogens is 2. The van der Waals surface area contributed by atoms with E-state index in [1.165, 1.54) is 4.90 Å². The average Bonchev–Trinajstić information content (AvgIpc) is 2.42. The highest BCUT2D eigenvalue weighted by molar-refractivity contribution is 5.91. The number of hydrogen-bond acceptors (Lipinski definition) is 5. The molecule has 0 aliphatic heterocycles. The summed E-state index contributed by atoms with van der Waals surface area (Å²) in [5.74, 6) is 0.553. The van der Waals surface area contributed by atoms with Crippen LogP contribution in [0.1, 0.15) is 38.2 Å². The van der Waals surface area contributed by atoms with Crippen molar-refractivity contribution in [2.45, 2.75) is 39.8 Å². The van der Waals surface area contributed by atoms with Gasteiger partial charge in [0.2, 0.25) is 0 Å². The van der Waals surface area contributed by atoms with Gasteiger partial charge in [0, 0.05) is 39.3 Å². The van der Waals surface area contributed by atoms with Crippen LogP contribution in [0.15, 0.2) is 12.1 Å². The molecule has 0 radical (unpaired) electrons. The Bertz CT molecular complexity index is 434. The van der Waals surface area contributed by atoms with Crippen molar-refractivity contribution in [1.29, 1.82) is 0 Å². The second kappa shape index (κ2) is 7.93. The Balaban J connectivity index is 2.51. The minimum Gasteiger partial charge on any atom is -0.367 e. The van der Waals surface area contributed by atoms with Crippen LogP contribution in [0.5, 0.6) is 0 Å². The zero-order valence-corrected chi connectivity index (χ0v) is 13.9. The summed E-state index contributed by atoms with van der Waals surface area (Å²) in [6, 6.07) is 4.51. The maximum atomic E-state index is 11.7. The third-order valence-corrected chi connectivity index (χ3v) is 3.29. The van der Waals surface area contributed by atoms with E-state index in [1.54, 1.807) is 26.2 Å². The van der Waals surface area contributed by atoms with Gasteiger partial charge in [-0.05, 0) is 39.8 Å². The lowest BCUT2D eigenvalue weighted by Crippen LogP contribution is -2.40. The molecule has 0 unspecified atom stereocenters. The van der Waals surface area contributed by atoms with Crippen molar-refractivity contribution in [3.8, 4) is 0 Å². The molecule has 0 aromatic carbocycles. The monoisotopic (exact) mass is 293 g/mol. The fraction of sp³-hybridized carbons (Fsp3) is 0.667. The van der Waals surface area contributed by atoms with Crippen molar-refractivity contribution in [3.63, 3.8) is 0 Å². The molecule has 1 aromatic rings. The lowest BCUT2D eigenvalue weighted by molar-refractivity contribution is 0.0821. The molecule has 0 saturated carbocycles. The summed E-state index contributed by atoms with van der Waals surface area (Å²) in [5, 5.41) is 11.2. The van der Waals surface area contributed by atoms with Gasteiger partial charge >= 0.3 is 0 Å². The minimum atomic E-state index is -0.139. The third-order valence-electron chi connectivity index (χ3n) is 3.29.